The highest BCUT2D eigenvalue weighted by Gasteiger charge is 2.15. The van der Waals surface area contributed by atoms with Crippen molar-refractivity contribution in [1.82, 2.24) is 10.2 Å². The van der Waals surface area contributed by atoms with Crippen molar-refractivity contribution in [2.24, 2.45) is 0 Å². The van der Waals surface area contributed by atoms with Gasteiger partial charge in [-0.2, -0.15) is 0 Å². The van der Waals surface area contributed by atoms with Gasteiger partial charge >= 0.3 is 6.03 Å². The topological polar surface area (TPSA) is 60.0 Å². The van der Waals surface area contributed by atoms with Crippen LogP contribution in [-0.2, 0) is 6.54 Å². The van der Waals surface area contributed by atoms with Crippen LogP contribution in [0.5, 0.6) is 17.2 Å². The number of hydrogen-bond acceptors (Lipinski definition) is 4. The minimum Gasteiger partial charge on any atom is -0.496 e. The van der Waals surface area contributed by atoms with Gasteiger partial charge in [-0.3, -0.25) is 0 Å². The van der Waals surface area contributed by atoms with Crippen LogP contribution in [0.1, 0.15) is 5.56 Å². The van der Waals surface area contributed by atoms with Gasteiger partial charge in [-0.15, -0.1) is 0 Å². The van der Waals surface area contributed by atoms with E-state index in [1.54, 1.807) is 52.5 Å². The van der Waals surface area contributed by atoms with Crippen molar-refractivity contribution >= 4 is 6.03 Å². The van der Waals surface area contributed by atoms with Crippen LogP contribution in [0.15, 0.2) is 12.1 Å². The first-order chi connectivity index (χ1) is 9.07. The maximum atomic E-state index is 11.5. The lowest BCUT2D eigenvalue weighted by molar-refractivity contribution is 0.208. The number of carbonyl (C=O) groups is 1. The van der Waals surface area contributed by atoms with E-state index < -0.39 is 0 Å². The molecule has 1 N–H and O–H groups in total. The van der Waals surface area contributed by atoms with E-state index in [0.717, 1.165) is 5.56 Å². The molecular weight excluding hydrogens is 248 g/mol. The SMILES string of the molecule is CNC(=O)N(C)Cc1cc(OC)c(OC)cc1OC. The number of urea groups is 1. The second-order valence-corrected chi connectivity index (χ2v) is 3.93. The Bertz CT molecular complexity index is 449. The summed E-state index contributed by atoms with van der Waals surface area (Å²) < 4.78 is 15.8. The average Bonchev–Trinajstić information content (AvgIpc) is 2.45. The molecule has 0 heterocycles. The third kappa shape index (κ3) is 3.43. The van der Waals surface area contributed by atoms with E-state index >= 15 is 0 Å². The number of rotatable bonds is 5. The summed E-state index contributed by atoms with van der Waals surface area (Å²) in [6.07, 6.45) is 0. The predicted molar refractivity (Wildman–Crippen MR) is 72.0 cm³/mol. The van der Waals surface area contributed by atoms with Crippen LogP contribution < -0.4 is 19.5 Å². The summed E-state index contributed by atoms with van der Waals surface area (Å²) in [6, 6.07) is 3.38. The van der Waals surface area contributed by atoms with Crippen LogP contribution in [0.25, 0.3) is 0 Å². The van der Waals surface area contributed by atoms with Crippen molar-refractivity contribution in [2.45, 2.75) is 6.54 Å². The Kier molecular flexibility index (Phi) is 5.29. The van der Waals surface area contributed by atoms with Gasteiger partial charge in [-0.05, 0) is 6.07 Å². The molecular formula is C13H20N2O4. The van der Waals surface area contributed by atoms with Gasteiger partial charge in [-0.1, -0.05) is 0 Å². The van der Waals surface area contributed by atoms with E-state index in [2.05, 4.69) is 5.32 Å². The summed E-state index contributed by atoms with van der Waals surface area (Å²) in [5.41, 5.74) is 0.839. The quantitative estimate of drug-likeness (QED) is 0.878. The maximum Gasteiger partial charge on any atom is 0.317 e. The lowest BCUT2D eigenvalue weighted by atomic mass is 10.1. The van der Waals surface area contributed by atoms with E-state index in [9.17, 15) is 4.79 Å². The lowest BCUT2D eigenvalue weighted by Crippen LogP contribution is -2.34. The van der Waals surface area contributed by atoms with E-state index in [1.807, 2.05) is 0 Å². The maximum absolute atomic E-state index is 11.5. The first-order valence-corrected chi connectivity index (χ1v) is 5.79. The summed E-state index contributed by atoms with van der Waals surface area (Å²) in [7, 11) is 7.99. The van der Waals surface area contributed by atoms with Crippen molar-refractivity contribution in [2.75, 3.05) is 35.4 Å². The Morgan fingerprint density at radius 2 is 1.63 bits per heavy atom. The lowest BCUT2D eigenvalue weighted by Gasteiger charge is -2.19. The smallest absolute Gasteiger partial charge is 0.317 e. The van der Waals surface area contributed by atoms with E-state index in [1.165, 1.54) is 0 Å². The number of nitrogens with one attached hydrogen (secondary N) is 1. The first-order valence-electron chi connectivity index (χ1n) is 5.79. The fraction of sp³-hybridized carbons (Fsp3) is 0.462. The molecule has 19 heavy (non-hydrogen) atoms. The van der Waals surface area contributed by atoms with Crippen LogP contribution in [0.3, 0.4) is 0 Å². The largest absolute Gasteiger partial charge is 0.496 e. The summed E-state index contributed by atoms with van der Waals surface area (Å²) in [5, 5.41) is 2.56. The number of hydrogen-bond donors (Lipinski definition) is 1. The molecule has 106 valence electrons. The highest BCUT2D eigenvalue weighted by molar-refractivity contribution is 5.73. The molecule has 0 saturated carbocycles. The Morgan fingerprint density at radius 1 is 1.11 bits per heavy atom. The summed E-state index contributed by atoms with van der Waals surface area (Å²) in [4.78, 5) is 13.1. The first kappa shape index (κ1) is 14.9. The Morgan fingerprint density at radius 3 is 2.11 bits per heavy atom. The normalized spacial score (nSPS) is 9.74. The summed E-state index contributed by atoms with van der Waals surface area (Å²) >= 11 is 0. The molecule has 0 saturated heterocycles. The molecule has 0 aliphatic heterocycles. The fourth-order valence-electron chi connectivity index (χ4n) is 1.73. The van der Waals surface area contributed by atoms with Crippen LogP contribution in [0.4, 0.5) is 4.79 Å². The third-order valence-electron chi connectivity index (χ3n) is 2.75. The van der Waals surface area contributed by atoms with Crippen molar-refractivity contribution in [3.8, 4) is 17.2 Å². The molecule has 0 atom stereocenters. The minimum atomic E-state index is -0.170. The number of amides is 2. The minimum absolute atomic E-state index is 0.170. The van der Waals surface area contributed by atoms with Crippen molar-refractivity contribution in [3.05, 3.63) is 17.7 Å². The van der Waals surface area contributed by atoms with Gasteiger partial charge in [0.1, 0.15) is 5.75 Å². The number of carbonyl (C=O) groups excluding carboxylic acids is 1. The fourth-order valence-corrected chi connectivity index (χ4v) is 1.73. The zero-order chi connectivity index (χ0) is 14.4. The monoisotopic (exact) mass is 268 g/mol. The average molecular weight is 268 g/mol. The number of benzene rings is 1. The van der Waals surface area contributed by atoms with E-state index in [0.29, 0.717) is 23.8 Å². The van der Waals surface area contributed by atoms with Gasteiger partial charge in [-0.25, -0.2) is 4.79 Å². The Hall–Kier alpha value is -2.11. The van der Waals surface area contributed by atoms with Crippen LogP contribution in [-0.4, -0.2) is 46.4 Å². The molecule has 0 radical (unpaired) electrons. The van der Waals surface area contributed by atoms with Crippen LogP contribution >= 0.6 is 0 Å². The number of methoxy groups -OCH3 is 3. The van der Waals surface area contributed by atoms with E-state index in [-0.39, 0.29) is 6.03 Å². The summed E-state index contributed by atoms with van der Waals surface area (Å²) in [6.45, 7) is 0.406. The summed E-state index contributed by atoms with van der Waals surface area (Å²) in [5.74, 6) is 1.84. The van der Waals surface area contributed by atoms with Crippen molar-refractivity contribution in [1.29, 1.82) is 0 Å². The second-order valence-electron chi connectivity index (χ2n) is 3.93. The molecule has 0 aliphatic carbocycles. The van der Waals surface area contributed by atoms with Gasteiger partial charge in [0.25, 0.3) is 0 Å². The molecule has 1 aromatic carbocycles. The zero-order valence-electron chi connectivity index (χ0n) is 11.9. The third-order valence-corrected chi connectivity index (χ3v) is 2.75. The number of ether oxygens (including phenoxy) is 3. The highest BCUT2D eigenvalue weighted by Crippen LogP contribution is 2.35. The molecule has 0 spiro atoms. The molecule has 2 amide bonds. The number of nitrogens with zero attached hydrogens (tertiary/aromatic N) is 1. The second kappa shape index (κ2) is 6.72. The van der Waals surface area contributed by atoms with E-state index in [4.69, 9.17) is 14.2 Å². The standard InChI is InChI=1S/C13H20N2O4/c1-14-13(16)15(2)8-9-6-11(18-4)12(19-5)7-10(9)17-3/h6-7H,8H2,1-5H3,(H,14,16). The van der Waals surface area contributed by atoms with Gasteiger partial charge in [0.2, 0.25) is 0 Å². The molecule has 1 rings (SSSR count). The van der Waals surface area contributed by atoms with Gasteiger partial charge < -0.3 is 24.4 Å². The molecule has 1 aromatic rings. The van der Waals surface area contributed by atoms with Gasteiger partial charge in [0.15, 0.2) is 11.5 Å². The molecule has 6 heteroatoms. The molecule has 0 aliphatic rings. The molecule has 0 bridgehead atoms. The zero-order valence-corrected chi connectivity index (χ0v) is 11.9. The highest BCUT2D eigenvalue weighted by atomic mass is 16.5. The molecule has 0 unspecified atom stereocenters. The molecule has 0 aromatic heterocycles. The van der Waals surface area contributed by atoms with Gasteiger partial charge in [0, 0.05) is 25.7 Å². The van der Waals surface area contributed by atoms with Gasteiger partial charge in [0.05, 0.1) is 27.9 Å². The van der Waals surface area contributed by atoms with Crippen molar-refractivity contribution in [3.63, 3.8) is 0 Å². The molecule has 6 nitrogen and oxygen atoms in total. The van der Waals surface area contributed by atoms with Crippen molar-refractivity contribution < 1.29 is 19.0 Å². The Labute approximate surface area is 113 Å². The van der Waals surface area contributed by atoms with Crippen LogP contribution in [0, 0.1) is 0 Å². The predicted octanol–water partition coefficient (Wildman–Crippen LogP) is 1.48. The van der Waals surface area contributed by atoms with Crippen LogP contribution in [0.2, 0.25) is 0 Å². The Balaban J connectivity index is 3.08. The molecule has 0 fully saturated rings.